The topological polar surface area (TPSA) is 8.17 Å². The summed E-state index contributed by atoms with van der Waals surface area (Å²) in [6.45, 7) is 0. The SMILES string of the molecule is c1ccc(-n2c3ccccc3c3cc(-c4ccc(N(c5ccc(-c6ccc7c(c6)sc6ccccc67)cc5)c5cccc6c5sc5ccccc56)cc4)ccc32)cc1. The van der Waals surface area contributed by atoms with E-state index in [4.69, 9.17) is 0 Å². The molecule has 0 fully saturated rings. The predicted molar refractivity (Wildman–Crippen MR) is 252 cm³/mol. The molecular formula is C54H34N2S2. The highest BCUT2D eigenvalue weighted by atomic mass is 32.1. The molecule has 0 radical (unpaired) electrons. The summed E-state index contributed by atoms with van der Waals surface area (Å²) in [7, 11) is 0. The van der Waals surface area contributed by atoms with E-state index in [1.54, 1.807) is 0 Å². The van der Waals surface area contributed by atoms with Crippen LogP contribution in [0.3, 0.4) is 0 Å². The van der Waals surface area contributed by atoms with Crippen LogP contribution in [0, 0.1) is 0 Å². The molecule has 0 bridgehead atoms. The summed E-state index contributed by atoms with van der Waals surface area (Å²) in [5.74, 6) is 0. The average molecular weight is 775 g/mol. The summed E-state index contributed by atoms with van der Waals surface area (Å²) >= 11 is 3.74. The Balaban J connectivity index is 0.962. The molecule has 0 spiro atoms. The van der Waals surface area contributed by atoms with Crippen molar-refractivity contribution in [2.45, 2.75) is 0 Å². The lowest BCUT2D eigenvalue weighted by Crippen LogP contribution is -2.10. The van der Waals surface area contributed by atoms with E-state index in [1.165, 1.54) is 95.8 Å². The number of hydrogen-bond donors (Lipinski definition) is 0. The van der Waals surface area contributed by atoms with Crippen LogP contribution in [-0.4, -0.2) is 4.57 Å². The fourth-order valence-electron chi connectivity index (χ4n) is 8.85. The first-order valence-electron chi connectivity index (χ1n) is 19.7. The highest BCUT2D eigenvalue weighted by Gasteiger charge is 2.19. The van der Waals surface area contributed by atoms with Gasteiger partial charge in [-0.15, -0.1) is 22.7 Å². The van der Waals surface area contributed by atoms with E-state index in [0.717, 1.165) is 11.4 Å². The van der Waals surface area contributed by atoms with E-state index in [-0.39, 0.29) is 0 Å². The van der Waals surface area contributed by atoms with Crippen molar-refractivity contribution < 1.29 is 0 Å². The zero-order valence-corrected chi connectivity index (χ0v) is 33.0. The fourth-order valence-corrected chi connectivity index (χ4v) is 11.2. The maximum absolute atomic E-state index is 2.43. The zero-order chi connectivity index (χ0) is 38.2. The Morgan fingerprint density at radius 3 is 1.60 bits per heavy atom. The molecule has 0 N–H and O–H groups in total. The van der Waals surface area contributed by atoms with Crippen molar-refractivity contribution >= 4 is 102 Å². The Bertz CT molecular complexity index is 3500. The summed E-state index contributed by atoms with van der Waals surface area (Å²) in [6, 6.07) is 75.6. The first-order chi connectivity index (χ1) is 28.7. The largest absolute Gasteiger partial charge is 0.309 e. The second-order valence-corrected chi connectivity index (χ2v) is 17.0. The first kappa shape index (κ1) is 33.2. The van der Waals surface area contributed by atoms with Crippen molar-refractivity contribution in [1.82, 2.24) is 4.57 Å². The Morgan fingerprint density at radius 1 is 0.328 bits per heavy atom. The van der Waals surface area contributed by atoms with Crippen LogP contribution in [0.1, 0.15) is 0 Å². The quantitative estimate of drug-likeness (QED) is 0.163. The van der Waals surface area contributed by atoms with Gasteiger partial charge < -0.3 is 9.47 Å². The van der Waals surface area contributed by atoms with Crippen LogP contribution in [-0.2, 0) is 0 Å². The molecule has 0 saturated heterocycles. The van der Waals surface area contributed by atoms with Gasteiger partial charge in [0.1, 0.15) is 0 Å². The Labute approximate surface area is 343 Å². The van der Waals surface area contributed by atoms with Gasteiger partial charge >= 0.3 is 0 Å². The molecule has 0 saturated carbocycles. The van der Waals surface area contributed by atoms with Crippen LogP contribution < -0.4 is 4.90 Å². The molecule has 0 aliphatic carbocycles. The van der Waals surface area contributed by atoms with Crippen molar-refractivity contribution in [3.8, 4) is 27.9 Å². The first-order valence-corrected chi connectivity index (χ1v) is 21.3. The number of fused-ring (bicyclic) bond motifs is 9. The second-order valence-electron chi connectivity index (χ2n) is 14.9. The minimum Gasteiger partial charge on any atom is -0.309 e. The predicted octanol–water partition coefficient (Wildman–Crippen LogP) is 16.3. The number of anilines is 3. The number of para-hydroxylation sites is 2. The molecule has 0 atom stereocenters. The maximum Gasteiger partial charge on any atom is 0.0640 e. The van der Waals surface area contributed by atoms with Crippen molar-refractivity contribution in [2.75, 3.05) is 4.90 Å². The third kappa shape index (κ3) is 5.30. The van der Waals surface area contributed by atoms with Crippen molar-refractivity contribution in [3.05, 3.63) is 206 Å². The van der Waals surface area contributed by atoms with Crippen molar-refractivity contribution in [1.29, 1.82) is 0 Å². The van der Waals surface area contributed by atoms with Crippen LogP contribution in [0.2, 0.25) is 0 Å². The van der Waals surface area contributed by atoms with Crippen molar-refractivity contribution in [2.24, 2.45) is 0 Å². The van der Waals surface area contributed by atoms with E-state index in [2.05, 4.69) is 216 Å². The number of aromatic nitrogens is 1. The van der Waals surface area contributed by atoms with Crippen molar-refractivity contribution in [3.63, 3.8) is 0 Å². The molecule has 12 aromatic rings. The van der Waals surface area contributed by atoms with E-state index < -0.39 is 0 Å². The van der Waals surface area contributed by atoms with Gasteiger partial charge in [0.05, 0.1) is 21.4 Å². The summed E-state index contributed by atoms with van der Waals surface area (Å²) in [5.41, 5.74) is 11.9. The molecule has 272 valence electrons. The van der Waals surface area contributed by atoms with Crippen LogP contribution in [0.5, 0.6) is 0 Å². The molecule has 0 unspecified atom stereocenters. The average Bonchev–Trinajstić information content (AvgIpc) is 3.97. The van der Waals surface area contributed by atoms with Crippen LogP contribution >= 0.6 is 22.7 Å². The van der Waals surface area contributed by atoms with E-state index >= 15 is 0 Å². The van der Waals surface area contributed by atoms with Gasteiger partial charge in [0, 0.05) is 63.5 Å². The molecule has 3 heterocycles. The third-order valence-corrected chi connectivity index (χ3v) is 14.0. The smallest absolute Gasteiger partial charge is 0.0640 e. The molecular weight excluding hydrogens is 741 g/mol. The minimum absolute atomic E-state index is 1.12. The number of nitrogens with zero attached hydrogens (tertiary/aromatic N) is 2. The van der Waals surface area contributed by atoms with Crippen LogP contribution in [0.15, 0.2) is 206 Å². The number of thiophene rings is 2. The van der Waals surface area contributed by atoms with Gasteiger partial charge in [-0.1, -0.05) is 127 Å². The molecule has 0 aliphatic heterocycles. The molecule has 0 aliphatic rings. The third-order valence-electron chi connectivity index (χ3n) is 11.6. The summed E-state index contributed by atoms with van der Waals surface area (Å²) < 4.78 is 7.61. The minimum atomic E-state index is 1.12. The fraction of sp³-hybridized carbons (Fsp3) is 0. The van der Waals surface area contributed by atoms with E-state index in [9.17, 15) is 0 Å². The van der Waals surface area contributed by atoms with Crippen LogP contribution in [0.4, 0.5) is 17.1 Å². The molecule has 2 nitrogen and oxygen atoms in total. The number of benzene rings is 9. The van der Waals surface area contributed by atoms with E-state index in [1.807, 2.05) is 22.7 Å². The van der Waals surface area contributed by atoms with E-state index in [0.29, 0.717) is 0 Å². The van der Waals surface area contributed by atoms with Crippen LogP contribution in [0.25, 0.3) is 90.1 Å². The standard InChI is InChI=1S/C54H34N2S2/c1-2-11-39(12-3-1)56-48-17-7-4-13-42(48)47-33-37(26-32-49(47)56)35-21-27-40(28-22-35)55(50-18-10-16-46-44-15-6-9-20-52(44)58-54(46)50)41-29-23-36(24-30-41)38-25-31-45-43-14-5-8-19-51(43)57-53(45)34-38/h1-34H. The molecule has 58 heavy (non-hydrogen) atoms. The summed E-state index contributed by atoms with van der Waals surface area (Å²) in [4.78, 5) is 2.43. The summed E-state index contributed by atoms with van der Waals surface area (Å²) in [6.07, 6.45) is 0. The Morgan fingerprint density at radius 2 is 0.862 bits per heavy atom. The molecule has 3 aromatic heterocycles. The maximum atomic E-state index is 2.43. The van der Waals surface area contributed by atoms with Gasteiger partial charge in [0.25, 0.3) is 0 Å². The second kappa shape index (κ2) is 13.3. The normalized spacial score (nSPS) is 11.8. The highest BCUT2D eigenvalue weighted by Crippen LogP contribution is 2.46. The monoisotopic (exact) mass is 774 g/mol. The Hall–Kier alpha value is -6.98. The lowest BCUT2D eigenvalue weighted by Gasteiger charge is -2.26. The Kier molecular flexibility index (Phi) is 7.62. The van der Waals surface area contributed by atoms with Gasteiger partial charge in [0.15, 0.2) is 0 Å². The number of hydrogen-bond acceptors (Lipinski definition) is 3. The van der Waals surface area contributed by atoms with Gasteiger partial charge in [0.2, 0.25) is 0 Å². The lowest BCUT2D eigenvalue weighted by atomic mass is 10.0. The van der Waals surface area contributed by atoms with Gasteiger partial charge in [-0.25, -0.2) is 0 Å². The molecule has 9 aromatic carbocycles. The van der Waals surface area contributed by atoms with Gasteiger partial charge in [-0.3, -0.25) is 0 Å². The number of rotatable bonds is 6. The molecule has 12 rings (SSSR count). The zero-order valence-electron chi connectivity index (χ0n) is 31.3. The summed E-state index contributed by atoms with van der Waals surface area (Å²) in [5, 5.41) is 7.76. The molecule has 4 heteroatoms. The van der Waals surface area contributed by atoms with Gasteiger partial charge in [-0.2, -0.15) is 0 Å². The van der Waals surface area contributed by atoms with Gasteiger partial charge in [-0.05, 0) is 101 Å². The highest BCUT2D eigenvalue weighted by molar-refractivity contribution is 7.26. The lowest BCUT2D eigenvalue weighted by molar-refractivity contribution is 1.18. The molecule has 0 amide bonds.